The second kappa shape index (κ2) is 12.3. The number of benzene rings is 2. The van der Waals surface area contributed by atoms with Crippen LogP contribution in [0, 0.1) is 5.82 Å². The number of rotatable bonds is 12. The van der Waals surface area contributed by atoms with E-state index in [-0.39, 0.29) is 18.5 Å². The van der Waals surface area contributed by atoms with Crippen molar-refractivity contribution in [3.05, 3.63) is 66.0 Å². The van der Waals surface area contributed by atoms with E-state index in [4.69, 9.17) is 19.3 Å². The number of aromatic nitrogens is 2. The number of hydrogen-bond donors (Lipinski definition) is 1. The predicted molar refractivity (Wildman–Crippen MR) is 132 cm³/mol. The molecule has 4 rings (SSSR count). The monoisotopic (exact) mass is 483 g/mol. The van der Waals surface area contributed by atoms with Gasteiger partial charge in [0.25, 0.3) is 0 Å². The minimum atomic E-state index is -0.630. The molecule has 8 heteroatoms. The van der Waals surface area contributed by atoms with Crippen LogP contribution < -0.4 is 4.74 Å². The van der Waals surface area contributed by atoms with Gasteiger partial charge in [-0.15, -0.1) is 0 Å². The van der Waals surface area contributed by atoms with Gasteiger partial charge in [0.1, 0.15) is 17.3 Å². The van der Waals surface area contributed by atoms with Crippen molar-refractivity contribution >= 4 is 0 Å². The van der Waals surface area contributed by atoms with Gasteiger partial charge in [0.05, 0.1) is 24.4 Å². The van der Waals surface area contributed by atoms with Crippen LogP contribution in [0.5, 0.6) is 11.6 Å². The Morgan fingerprint density at radius 2 is 1.97 bits per heavy atom. The summed E-state index contributed by atoms with van der Waals surface area (Å²) >= 11 is 0. The Morgan fingerprint density at radius 1 is 1.20 bits per heavy atom. The summed E-state index contributed by atoms with van der Waals surface area (Å²) in [5, 5.41) is 15.4. The molecular formula is C27H34FN3O4. The van der Waals surface area contributed by atoms with Crippen molar-refractivity contribution in [2.24, 2.45) is 7.05 Å². The van der Waals surface area contributed by atoms with E-state index >= 15 is 0 Å². The molecule has 0 amide bonds. The highest BCUT2D eigenvalue weighted by molar-refractivity contribution is 5.65. The molecule has 1 fully saturated rings. The summed E-state index contributed by atoms with van der Waals surface area (Å²) in [4.78, 5) is 2.18. The van der Waals surface area contributed by atoms with E-state index in [9.17, 15) is 9.50 Å². The molecule has 1 aromatic heterocycles. The van der Waals surface area contributed by atoms with E-state index in [0.717, 1.165) is 36.3 Å². The van der Waals surface area contributed by atoms with Gasteiger partial charge in [0.2, 0.25) is 5.88 Å². The molecule has 0 unspecified atom stereocenters. The van der Waals surface area contributed by atoms with Gasteiger partial charge in [-0.2, -0.15) is 5.10 Å². The third kappa shape index (κ3) is 6.89. The molecule has 3 aromatic rings. The summed E-state index contributed by atoms with van der Waals surface area (Å²) < 4.78 is 32.7. The first-order chi connectivity index (χ1) is 17.0. The van der Waals surface area contributed by atoms with Crippen LogP contribution in [-0.4, -0.2) is 64.9 Å². The molecule has 1 aliphatic rings. The maximum Gasteiger partial charge on any atom is 0.222 e. The van der Waals surface area contributed by atoms with E-state index in [1.165, 1.54) is 12.1 Å². The van der Waals surface area contributed by atoms with Crippen LogP contribution in [0.25, 0.3) is 11.3 Å². The number of ether oxygens (including phenoxy) is 3. The molecule has 0 aliphatic carbocycles. The minimum Gasteiger partial charge on any atom is -0.439 e. The molecule has 1 N–H and O–H groups in total. The Bertz CT molecular complexity index is 1050. The van der Waals surface area contributed by atoms with Gasteiger partial charge in [-0.3, -0.25) is 4.90 Å². The molecule has 2 aromatic carbocycles. The normalized spacial score (nSPS) is 16.7. The van der Waals surface area contributed by atoms with Crippen LogP contribution in [-0.2, 0) is 23.1 Å². The van der Waals surface area contributed by atoms with E-state index in [1.54, 1.807) is 16.8 Å². The van der Waals surface area contributed by atoms with Gasteiger partial charge in [0, 0.05) is 45.5 Å². The molecule has 1 saturated heterocycles. The predicted octanol–water partition coefficient (Wildman–Crippen LogP) is 4.40. The summed E-state index contributed by atoms with van der Waals surface area (Å²) in [6.07, 6.45) is 1.53. The van der Waals surface area contributed by atoms with E-state index in [2.05, 4.69) is 4.90 Å². The van der Waals surface area contributed by atoms with Crippen molar-refractivity contribution in [2.75, 3.05) is 32.9 Å². The van der Waals surface area contributed by atoms with Gasteiger partial charge in [0.15, 0.2) is 0 Å². The first-order valence-electron chi connectivity index (χ1n) is 12.2. The van der Waals surface area contributed by atoms with Crippen molar-refractivity contribution in [1.29, 1.82) is 0 Å². The molecule has 2 atom stereocenters. The lowest BCUT2D eigenvalue weighted by Gasteiger charge is -2.27. The van der Waals surface area contributed by atoms with Crippen LogP contribution >= 0.6 is 0 Å². The lowest BCUT2D eigenvalue weighted by molar-refractivity contribution is 0.00505. The van der Waals surface area contributed by atoms with Crippen LogP contribution in [0.15, 0.2) is 54.6 Å². The van der Waals surface area contributed by atoms with Gasteiger partial charge in [-0.05, 0) is 44.0 Å². The van der Waals surface area contributed by atoms with Gasteiger partial charge in [-0.1, -0.05) is 30.3 Å². The molecule has 7 nitrogen and oxygen atoms in total. The lowest BCUT2D eigenvalue weighted by Crippen LogP contribution is -2.39. The van der Waals surface area contributed by atoms with Crippen LogP contribution in [0.2, 0.25) is 0 Å². The number of aliphatic hydroxyl groups is 1. The molecular weight excluding hydrogens is 449 g/mol. The molecule has 0 radical (unpaired) electrons. The highest BCUT2D eigenvalue weighted by Gasteiger charge is 2.26. The Kier molecular flexibility index (Phi) is 8.87. The number of aryl methyl sites for hydroxylation is 1. The molecule has 0 spiro atoms. The minimum absolute atomic E-state index is 0.118. The summed E-state index contributed by atoms with van der Waals surface area (Å²) in [6, 6.07) is 15.9. The van der Waals surface area contributed by atoms with E-state index in [1.807, 2.05) is 44.3 Å². The fraction of sp³-hybridized carbons (Fsp3) is 0.444. The largest absolute Gasteiger partial charge is 0.439 e. The highest BCUT2D eigenvalue weighted by atomic mass is 19.1. The Morgan fingerprint density at radius 3 is 2.66 bits per heavy atom. The maximum absolute atomic E-state index is 13.5. The standard InChI is InChI=1S/C27H34FN3O4/c1-3-33-19-22(32)16-31(17-24-10-7-15-34-24)18-25-26(20-8-5-4-6-9-20)29-30(2)27(25)35-23-13-11-21(28)12-14-23/h4-6,8-9,11-14,22,24,32H,3,7,10,15-19H2,1-2H3/t22-,24-/m0/s1. The molecule has 35 heavy (non-hydrogen) atoms. The third-order valence-electron chi connectivity index (χ3n) is 6.01. The van der Waals surface area contributed by atoms with Crippen LogP contribution in [0.3, 0.4) is 0 Å². The van der Waals surface area contributed by atoms with Gasteiger partial charge in [-0.25, -0.2) is 9.07 Å². The zero-order chi connectivity index (χ0) is 24.6. The molecule has 0 saturated carbocycles. The number of hydrogen-bond acceptors (Lipinski definition) is 6. The molecule has 1 aliphatic heterocycles. The zero-order valence-corrected chi connectivity index (χ0v) is 20.4. The summed E-state index contributed by atoms with van der Waals surface area (Å²) in [5.41, 5.74) is 2.67. The highest BCUT2D eigenvalue weighted by Crippen LogP contribution is 2.34. The maximum atomic E-state index is 13.5. The fourth-order valence-electron chi connectivity index (χ4n) is 4.37. The Labute approximate surface area is 206 Å². The average molecular weight is 484 g/mol. The quantitative estimate of drug-likeness (QED) is 0.412. The molecule has 0 bridgehead atoms. The first-order valence-corrected chi connectivity index (χ1v) is 12.2. The number of aliphatic hydroxyl groups excluding tert-OH is 1. The Balaban J connectivity index is 1.66. The smallest absolute Gasteiger partial charge is 0.222 e. The third-order valence-corrected chi connectivity index (χ3v) is 6.01. The van der Waals surface area contributed by atoms with E-state index in [0.29, 0.717) is 37.9 Å². The van der Waals surface area contributed by atoms with Gasteiger partial charge < -0.3 is 19.3 Å². The second-order valence-electron chi connectivity index (χ2n) is 8.82. The number of halogens is 1. The fourth-order valence-corrected chi connectivity index (χ4v) is 4.37. The molecule has 188 valence electrons. The lowest BCUT2D eigenvalue weighted by atomic mass is 10.1. The van der Waals surface area contributed by atoms with Crippen molar-refractivity contribution in [1.82, 2.24) is 14.7 Å². The van der Waals surface area contributed by atoms with Crippen LogP contribution in [0.4, 0.5) is 4.39 Å². The van der Waals surface area contributed by atoms with E-state index < -0.39 is 6.10 Å². The van der Waals surface area contributed by atoms with Gasteiger partial charge >= 0.3 is 0 Å². The molecule has 2 heterocycles. The first kappa shape index (κ1) is 25.3. The topological polar surface area (TPSA) is 69.0 Å². The summed E-state index contributed by atoms with van der Waals surface area (Å²) in [7, 11) is 1.84. The summed E-state index contributed by atoms with van der Waals surface area (Å²) in [6.45, 7) is 5.12. The second-order valence-corrected chi connectivity index (χ2v) is 8.82. The zero-order valence-electron chi connectivity index (χ0n) is 20.4. The number of nitrogens with zero attached hydrogens (tertiary/aromatic N) is 3. The Hall–Kier alpha value is -2.78. The van der Waals surface area contributed by atoms with Crippen molar-refractivity contribution in [3.63, 3.8) is 0 Å². The van der Waals surface area contributed by atoms with Crippen LogP contribution in [0.1, 0.15) is 25.3 Å². The SMILES string of the molecule is CCOC[C@@H](O)CN(Cc1c(-c2ccccc2)nn(C)c1Oc1ccc(F)cc1)C[C@@H]1CCCO1. The summed E-state index contributed by atoms with van der Waals surface area (Å²) in [5.74, 6) is 0.781. The van der Waals surface area contributed by atoms with Crippen molar-refractivity contribution < 1.29 is 23.7 Å². The van der Waals surface area contributed by atoms with Crippen molar-refractivity contribution in [3.8, 4) is 22.9 Å². The van der Waals surface area contributed by atoms with Crippen molar-refractivity contribution in [2.45, 2.75) is 38.5 Å². The average Bonchev–Trinajstić information content (AvgIpc) is 3.48.